The highest BCUT2D eigenvalue weighted by Gasteiger charge is 2.21. The van der Waals surface area contributed by atoms with E-state index in [2.05, 4.69) is 32.1 Å². The molecule has 1 amide bonds. The third-order valence-corrected chi connectivity index (χ3v) is 6.16. The van der Waals surface area contributed by atoms with Crippen LogP contribution in [-0.4, -0.2) is 35.9 Å². The summed E-state index contributed by atoms with van der Waals surface area (Å²) < 4.78 is 2.96. The highest BCUT2D eigenvalue weighted by atomic mass is 32.2. The Morgan fingerprint density at radius 1 is 1.31 bits per heavy atom. The second kappa shape index (κ2) is 8.54. The summed E-state index contributed by atoms with van der Waals surface area (Å²) in [6.07, 6.45) is 5.22. The van der Waals surface area contributed by atoms with Gasteiger partial charge in [-0.3, -0.25) is 14.3 Å². The minimum atomic E-state index is -0.378. The summed E-state index contributed by atoms with van der Waals surface area (Å²) in [6, 6.07) is 11.6. The van der Waals surface area contributed by atoms with Gasteiger partial charge in [0.25, 0.3) is 0 Å². The van der Waals surface area contributed by atoms with E-state index in [1.54, 1.807) is 18.5 Å². The molecule has 0 fully saturated rings. The van der Waals surface area contributed by atoms with Crippen molar-refractivity contribution in [2.45, 2.75) is 23.9 Å². The molecular weight excluding hydrogens is 404 g/mol. The number of aromatic nitrogens is 5. The van der Waals surface area contributed by atoms with Gasteiger partial charge in [-0.2, -0.15) is 0 Å². The minimum absolute atomic E-state index is 0.134. The van der Waals surface area contributed by atoms with Crippen molar-refractivity contribution in [1.82, 2.24) is 24.7 Å². The Labute approximate surface area is 175 Å². The number of para-hydroxylation sites is 1. The van der Waals surface area contributed by atoms with Crippen molar-refractivity contribution in [2.24, 2.45) is 0 Å². The fraction of sp³-hybridized carbons (Fsp3) is 0.150. The number of carbonyl (C=O) groups excluding carboxylic acids is 1. The number of thiazole rings is 1. The van der Waals surface area contributed by atoms with E-state index in [4.69, 9.17) is 0 Å². The molecule has 3 aromatic heterocycles. The molecule has 146 valence electrons. The Balaban J connectivity index is 1.51. The number of amides is 1. The van der Waals surface area contributed by atoms with Crippen molar-refractivity contribution < 1.29 is 4.79 Å². The van der Waals surface area contributed by atoms with Gasteiger partial charge in [0.2, 0.25) is 5.91 Å². The summed E-state index contributed by atoms with van der Waals surface area (Å²) in [6.45, 7) is 6.19. The molecule has 0 aliphatic carbocycles. The molecule has 4 aromatic rings. The maximum atomic E-state index is 12.7. The summed E-state index contributed by atoms with van der Waals surface area (Å²) in [5, 5.41) is 12.3. The molecule has 4 rings (SSSR count). The Morgan fingerprint density at radius 2 is 2.17 bits per heavy atom. The molecule has 7 nitrogen and oxygen atoms in total. The SMILES string of the molecule is C=CCn1c(SC(C)C(=O)Nc2nc3ccccc3s2)nnc1-c1cccnc1. The number of hydrogen-bond acceptors (Lipinski definition) is 7. The smallest absolute Gasteiger partial charge is 0.239 e. The number of carbonyl (C=O) groups is 1. The molecule has 1 unspecified atom stereocenters. The lowest BCUT2D eigenvalue weighted by Crippen LogP contribution is -2.22. The lowest BCUT2D eigenvalue weighted by molar-refractivity contribution is -0.115. The molecule has 9 heteroatoms. The number of anilines is 1. The van der Waals surface area contributed by atoms with Crippen molar-refractivity contribution in [1.29, 1.82) is 0 Å². The van der Waals surface area contributed by atoms with Crippen LogP contribution in [0.1, 0.15) is 6.92 Å². The van der Waals surface area contributed by atoms with E-state index >= 15 is 0 Å². The molecule has 29 heavy (non-hydrogen) atoms. The average molecular weight is 423 g/mol. The first-order valence-electron chi connectivity index (χ1n) is 8.93. The van der Waals surface area contributed by atoms with Crippen LogP contribution in [0.4, 0.5) is 5.13 Å². The topological polar surface area (TPSA) is 85.6 Å². The van der Waals surface area contributed by atoms with Crippen molar-refractivity contribution >= 4 is 44.4 Å². The number of fused-ring (bicyclic) bond motifs is 1. The predicted molar refractivity (Wildman–Crippen MR) is 117 cm³/mol. The number of benzene rings is 1. The van der Waals surface area contributed by atoms with Crippen LogP contribution in [0.2, 0.25) is 0 Å². The van der Waals surface area contributed by atoms with E-state index < -0.39 is 0 Å². The standard InChI is InChI=1S/C20H18N6OS2/c1-3-11-26-17(14-7-6-10-21-12-14)24-25-20(26)28-13(2)18(27)23-19-22-15-8-4-5-9-16(15)29-19/h3-10,12-13H,1,11H2,2H3,(H,22,23,27). The number of nitrogens with zero attached hydrogens (tertiary/aromatic N) is 5. The van der Waals surface area contributed by atoms with Crippen LogP contribution in [0.25, 0.3) is 21.6 Å². The second-order valence-corrected chi connectivity index (χ2v) is 8.52. The Kier molecular flexibility index (Phi) is 5.68. The summed E-state index contributed by atoms with van der Waals surface area (Å²) in [7, 11) is 0. The maximum Gasteiger partial charge on any atom is 0.239 e. The van der Waals surface area contributed by atoms with Gasteiger partial charge < -0.3 is 5.32 Å². The molecule has 0 saturated carbocycles. The molecule has 1 N–H and O–H groups in total. The molecule has 3 heterocycles. The van der Waals surface area contributed by atoms with Gasteiger partial charge in [0.1, 0.15) is 0 Å². The van der Waals surface area contributed by atoms with Crippen LogP contribution in [0.5, 0.6) is 0 Å². The molecular formula is C20H18N6OS2. The first kappa shape index (κ1) is 19.3. The first-order valence-corrected chi connectivity index (χ1v) is 10.6. The fourth-order valence-corrected chi connectivity index (χ4v) is 4.45. The largest absolute Gasteiger partial charge is 0.301 e. The maximum absolute atomic E-state index is 12.7. The number of hydrogen-bond donors (Lipinski definition) is 1. The van der Waals surface area contributed by atoms with Crippen LogP contribution < -0.4 is 5.32 Å². The lowest BCUT2D eigenvalue weighted by Gasteiger charge is -2.11. The van der Waals surface area contributed by atoms with Crippen molar-refractivity contribution in [3.05, 3.63) is 61.4 Å². The first-order chi connectivity index (χ1) is 14.2. The molecule has 0 radical (unpaired) electrons. The molecule has 1 atom stereocenters. The third-order valence-electron chi connectivity index (χ3n) is 4.12. The van der Waals surface area contributed by atoms with Crippen molar-refractivity contribution in [3.8, 4) is 11.4 Å². The molecule has 1 aromatic carbocycles. The van der Waals surface area contributed by atoms with Crippen molar-refractivity contribution in [3.63, 3.8) is 0 Å². The van der Waals surface area contributed by atoms with E-state index in [0.29, 0.717) is 22.7 Å². The molecule has 0 aliphatic heterocycles. The highest BCUT2D eigenvalue weighted by Crippen LogP contribution is 2.29. The Hall–Kier alpha value is -3.04. The second-order valence-electron chi connectivity index (χ2n) is 6.18. The van der Waals surface area contributed by atoms with Gasteiger partial charge in [-0.25, -0.2) is 4.98 Å². The number of pyridine rings is 1. The molecule has 0 aliphatic rings. The molecule has 0 spiro atoms. The van der Waals surface area contributed by atoms with Crippen LogP contribution in [0, 0.1) is 0 Å². The van der Waals surface area contributed by atoms with Gasteiger partial charge in [0, 0.05) is 24.5 Å². The number of allylic oxidation sites excluding steroid dienone is 1. The number of rotatable bonds is 7. The van der Waals surface area contributed by atoms with Crippen LogP contribution in [0.15, 0.2) is 66.6 Å². The quantitative estimate of drug-likeness (QED) is 0.354. The monoisotopic (exact) mass is 422 g/mol. The van der Waals surface area contributed by atoms with Crippen molar-refractivity contribution in [2.75, 3.05) is 5.32 Å². The summed E-state index contributed by atoms with van der Waals surface area (Å²) >= 11 is 2.80. The average Bonchev–Trinajstić information content (AvgIpc) is 3.32. The third kappa shape index (κ3) is 4.20. The molecule has 0 bridgehead atoms. The molecule has 0 saturated heterocycles. The lowest BCUT2D eigenvalue weighted by atomic mass is 10.3. The van der Waals surface area contributed by atoms with Gasteiger partial charge in [0.15, 0.2) is 16.1 Å². The number of nitrogens with one attached hydrogen (secondary N) is 1. The van der Waals surface area contributed by atoms with Gasteiger partial charge >= 0.3 is 0 Å². The van der Waals surface area contributed by atoms with E-state index in [1.165, 1.54) is 23.1 Å². The van der Waals surface area contributed by atoms with Crippen LogP contribution in [0.3, 0.4) is 0 Å². The number of thioether (sulfide) groups is 1. The zero-order chi connectivity index (χ0) is 20.2. The van der Waals surface area contributed by atoms with Gasteiger partial charge in [-0.05, 0) is 31.2 Å². The van der Waals surface area contributed by atoms with E-state index in [0.717, 1.165) is 15.8 Å². The normalized spacial score (nSPS) is 12.0. The highest BCUT2D eigenvalue weighted by molar-refractivity contribution is 8.00. The van der Waals surface area contributed by atoms with Gasteiger partial charge in [-0.1, -0.05) is 41.3 Å². The van der Waals surface area contributed by atoms with Crippen LogP contribution in [-0.2, 0) is 11.3 Å². The predicted octanol–water partition coefficient (Wildman–Crippen LogP) is 4.26. The van der Waals surface area contributed by atoms with Gasteiger partial charge in [0.05, 0.1) is 15.5 Å². The zero-order valence-corrected chi connectivity index (χ0v) is 17.3. The van der Waals surface area contributed by atoms with Gasteiger partial charge in [-0.15, -0.1) is 16.8 Å². The minimum Gasteiger partial charge on any atom is -0.301 e. The summed E-state index contributed by atoms with van der Waals surface area (Å²) in [4.78, 5) is 21.3. The van der Waals surface area contributed by atoms with E-state index in [-0.39, 0.29) is 11.2 Å². The Bertz CT molecular complexity index is 1120. The van der Waals surface area contributed by atoms with Crippen LogP contribution >= 0.6 is 23.1 Å². The van der Waals surface area contributed by atoms with E-state index in [9.17, 15) is 4.79 Å². The zero-order valence-electron chi connectivity index (χ0n) is 15.6. The Morgan fingerprint density at radius 3 is 2.93 bits per heavy atom. The van der Waals surface area contributed by atoms with E-state index in [1.807, 2.05) is 47.9 Å². The fourth-order valence-electron chi connectivity index (χ4n) is 2.72. The summed E-state index contributed by atoms with van der Waals surface area (Å²) in [5.74, 6) is 0.560. The summed E-state index contributed by atoms with van der Waals surface area (Å²) in [5.41, 5.74) is 1.74.